The number of aryl methyl sites for hydroxylation is 1. The molecule has 0 atom stereocenters. The number of nitrogens with zero attached hydrogens (tertiary/aromatic N) is 3. The largest absolute Gasteiger partial charge is 0.480 e. The molecule has 5 heteroatoms. The van der Waals surface area contributed by atoms with E-state index in [2.05, 4.69) is 9.97 Å². The minimum Gasteiger partial charge on any atom is -0.480 e. The second-order valence-electron chi connectivity index (χ2n) is 3.83. The lowest BCUT2D eigenvalue weighted by Gasteiger charge is -2.06. The van der Waals surface area contributed by atoms with Gasteiger partial charge in [-0.1, -0.05) is 0 Å². The second kappa shape index (κ2) is 4.37. The minimum atomic E-state index is -0.879. The number of aliphatic carboxylic acids is 1. The van der Waals surface area contributed by atoms with Crippen LogP contribution >= 0.6 is 0 Å². The van der Waals surface area contributed by atoms with Crippen molar-refractivity contribution in [3.8, 4) is 11.4 Å². The number of carboxylic acid groups (broad SMARTS) is 1. The zero-order valence-corrected chi connectivity index (χ0v) is 9.71. The van der Waals surface area contributed by atoms with Crippen LogP contribution in [0.5, 0.6) is 0 Å². The van der Waals surface area contributed by atoms with Gasteiger partial charge in [0.1, 0.15) is 12.4 Å². The Bertz CT molecular complexity index is 546. The summed E-state index contributed by atoms with van der Waals surface area (Å²) in [5.74, 6) is -0.230. The fourth-order valence-corrected chi connectivity index (χ4v) is 1.70. The predicted octanol–water partition coefficient (Wildman–Crippen LogP) is 1.65. The molecule has 2 heterocycles. The molecule has 0 aliphatic heterocycles. The van der Waals surface area contributed by atoms with E-state index in [0.29, 0.717) is 5.82 Å². The summed E-state index contributed by atoms with van der Waals surface area (Å²) in [6.07, 6.45) is 3.35. The Morgan fingerprint density at radius 2 is 2.24 bits per heavy atom. The highest BCUT2D eigenvalue weighted by Gasteiger charge is 2.14. The molecule has 0 bridgehead atoms. The molecule has 5 nitrogen and oxygen atoms in total. The average molecular weight is 231 g/mol. The maximum atomic E-state index is 10.8. The fraction of sp³-hybridized carbons (Fsp3) is 0.250. The minimum absolute atomic E-state index is 0.0864. The number of carbonyl (C=O) groups is 1. The first-order valence-corrected chi connectivity index (χ1v) is 5.25. The Labute approximate surface area is 98.8 Å². The van der Waals surface area contributed by atoms with Crippen LogP contribution in [0.15, 0.2) is 24.5 Å². The Morgan fingerprint density at radius 1 is 1.47 bits per heavy atom. The quantitative estimate of drug-likeness (QED) is 0.872. The first kappa shape index (κ1) is 11.3. The molecule has 2 aromatic heterocycles. The van der Waals surface area contributed by atoms with Crippen molar-refractivity contribution in [2.75, 3.05) is 0 Å². The summed E-state index contributed by atoms with van der Waals surface area (Å²) < 4.78 is 1.69. The van der Waals surface area contributed by atoms with Crippen molar-refractivity contribution in [2.24, 2.45) is 0 Å². The van der Waals surface area contributed by atoms with Gasteiger partial charge in [-0.2, -0.15) is 0 Å². The van der Waals surface area contributed by atoms with E-state index in [1.54, 1.807) is 23.0 Å². The van der Waals surface area contributed by atoms with E-state index in [0.717, 1.165) is 17.0 Å². The molecule has 0 unspecified atom stereocenters. The molecule has 1 N–H and O–H groups in total. The topological polar surface area (TPSA) is 68.0 Å². The lowest BCUT2D eigenvalue weighted by atomic mass is 10.2. The summed E-state index contributed by atoms with van der Waals surface area (Å²) in [6.45, 7) is 3.65. The van der Waals surface area contributed by atoms with Gasteiger partial charge in [-0.15, -0.1) is 0 Å². The normalized spacial score (nSPS) is 10.5. The molecule has 0 radical (unpaired) electrons. The van der Waals surface area contributed by atoms with Gasteiger partial charge in [-0.25, -0.2) is 4.98 Å². The molecular formula is C12H13N3O2. The van der Waals surface area contributed by atoms with Crippen LogP contribution in [0.4, 0.5) is 0 Å². The SMILES string of the molecule is Cc1nc(-c2cccnc2)n(CC(=O)O)c1C. The van der Waals surface area contributed by atoms with Crippen molar-refractivity contribution in [3.05, 3.63) is 35.9 Å². The van der Waals surface area contributed by atoms with Crippen LogP contribution in [0, 0.1) is 13.8 Å². The second-order valence-corrected chi connectivity index (χ2v) is 3.83. The molecule has 88 valence electrons. The van der Waals surface area contributed by atoms with Crippen molar-refractivity contribution in [1.82, 2.24) is 14.5 Å². The number of pyridine rings is 1. The van der Waals surface area contributed by atoms with Gasteiger partial charge < -0.3 is 9.67 Å². The highest BCUT2D eigenvalue weighted by atomic mass is 16.4. The van der Waals surface area contributed by atoms with Crippen LogP contribution in [0.1, 0.15) is 11.4 Å². The van der Waals surface area contributed by atoms with Crippen LogP contribution in [0.25, 0.3) is 11.4 Å². The van der Waals surface area contributed by atoms with Crippen LogP contribution in [-0.2, 0) is 11.3 Å². The highest BCUT2D eigenvalue weighted by molar-refractivity contribution is 5.68. The smallest absolute Gasteiger partial charge is 0.323 e. The van der Waals surface area contributed by atoms with Crippen LogP contribution in [0.3, 0.4) is 0 Å². The lowest BCUT2D eigenvalue weighted by molar-refractivity contribution is -0.137. The number of aromatic nitrogens is 3. The van der Waals surface area contributed by atoms with E-state index >= 15 is 0 Å². The Kier molecular flexibility index (Phi) is 2.91. The van der Waals surface area contributed by atoms with E-state index < -0.39 is 5.97 Å². The van der Waals surface area contributed by atoms with E-state index in [1.165, 1.54) is 0 Å². The first-order valence-electron chi connectivity index (χ1n) is 5.25. The number of rotatable bonds is 3. The molecule has 2 rings (SSSR count). The molecule has 0 aliphatic carbocycles. The Balaban J connectivity index is 2.54. The average Bonchev–Trinajstić information content (AvgIpc) is 2.58. The fourth-order valence-electron chi connectivity index (χ4n) is 1.70. The summed E-state index contributed by atoms with van der Waals surface area (Å²) in [4.78, 5) is 19.3. The van der Waals surface area contributed by atoms with Gasteiger partial charge in [0, 0.05) is 23.7 Å². The van der Waals surface area contributed by atoms with Gasteiger partial charge >= 0.3 is 5.97 Å². The number of hydrogen-bond donors (Lipinski definition) is 1. The third-order valence-electron chi connectivity index (χ3n) is 2.67. The molecule has 0 fully saturated rings. The van der Waals surface area contributed by atoms with Crippen molar-refractivity contribution in [2.45, 2.75) is 20.4 Å². The van der Waals surface area contributed by atoms with E-state index in [4.69, 9.17) is 5.11 Å². The van der Waals surface area contributed by atoms with E-state index in [-0.39, 0.29) is 6.54 Å². The third kappa shape index (κ3) is 2.18. The van der Waals surface area contributed by atoms with Crippen LogP contribution < -0.4 is 0 Å². The standard InChI is InChI=1S/C12H13N3O2/c1-8-9(2)15(7-11(16)17)12(14-8)10-4-3-5-13-6-10/h3-6H,7H2,1-2H3,(H,16,17). The molecule has 0 saturated heterocycles. The zero-order chi connectivity index (χ0) is 12.4. The summed E-state index contributed by atoms with van der Waals surface area (Å²) in [5, 5.41) is 8.91. The molecular weight excluding hydrogens is 218 g/mol. The predicted molar refractivity (Wildman–Crippen MR) is 62.6 cm³/mol. The van der Waals surface area contributed by atoms with Gasteiger partial charge in [-0.3, -0.25) is 9.78 Å². The maximum absolute atomic E-state index is 10.8. The zero-order valence-electron chi connectivity index (χ0n) is 9.71. The summed E-state index contributed by atoms with van der Waals surface area (Å²) >= 11 is 0. The molecule has 0 spiro atoms. The van der Waals surface area contributed by atoms with Crippen LogP contribution in [-0.4, -0.2) is 25.6 Å². The molecule has 17 heavy (non-hydrogen) atoms. The highest BCUT2D eigenvalue weighted by Crippen LogP contribution is 2.20. The van der Waals surface area contributed by atoms with Crippen molar-refractivity contribution < 1.29 is 9.90 Å². The van der Waals surface area contributed by atoms with Gasteiger partial charge in [0.2, 0.25) is 0 Å². The number of hydrogen-bond acceptors (Lipinski definition) is 3. The van der Waals surface area contributed by atoms with E-state index in [1.807, 2.05) is 19.9 Å². The van der Waals surface area contributed by atoms with Crippen molar-refractivity contribution >= 4 is 5.97 Å². The summed E-state index contributed by atoms with van der Waals surface area (Å²) in [6, 6.07) is 3.67. The van der Waals surface area contributed by atoms with Crippen molar-refractivity contribution in [3.63, 3.8) is 0 Å². The molecule has 0 aromatic carbocycles. The first-order chi connectivity index (χ1) is 8.09. The monoisotopic (exact) mass is 231 g/mol. The van der Waals surface area contributed by atoms with Crippen molar-refractivity contribution in [1.29, 1.82) is 0 Å². The number of imidazole rings is 1. The third-order valence-corrected chi connectivity index (χ3v) is 2.67. The summed E-state index contributed by atoms with van der Waals surface area (Å²) in [5.41, 5.74) is 2.53. The van der Waals surface area contributed by atoms with Gasteiger partial charge in [-0.05, 0) is 26.0 Å². The molecule has 0 amide bonds. The molecule has 0 aliphatic rings. The Morgan fingerprint density at radius 3 is 2.82 bits per heavy atom. The van der Waals surface area contributed by atoms with Crippen LogP contribution in [0.2, 0.25) is 0 Å². The van der Waals surface area contributed by atoms with Gasteiger partial charge in [0.05, 0.1) is 5.69 Å². The molecule has 2 aromatic rings. The van der Waals surface area contributed by atoms with Gasteiger partial charge in [0.25, 0.3) is 0 Å². The Hall–Kier alpha value is -2.17. The summed E-state index contributed by atoms with van der Waals surface area (Å²) in [7, 11) is 0. The lowest BCUT2D eigenvalue weighted by Crippen LogP contribution is -2.11. The number of carboxylic acids is 1. The maximum Gasteiger partial charge on any atom is 0.323 e. The van der Waals surface area contributed by atoms with E-state index in [9.17, 15) is 4.79 Å². The molecule has 0 saturated carbocycles. The van der Waals surface area contributed by atoms with Gasteiger partial charge in [0.15, 0.2) is 0 Å².